The molecule has 0 aromatic carbocycles. The van der Waals surface area contributed by atoms with Gasteiger partial charge in [0.25, 0.3) is 5.91 Å². The number of hydrogen-bond donors (Lipinski definition) is 1. The number of carbonyl (C=O) groups excluding carboxylic acids is 1. The molecular weight excluding hydrogens is 264 g/mol. The zero-order chi connectivity index (χ0) is 15.2. The lowest BCUT2D eigenvalue weighted by Crippen LogP contribution is -2.41. The van der Waals surface area contributed by atoms with Crippen LogP contribution in [0.5, 0.6) is 0 Å². The number of pyridine rings is 1. The monoisotopic (exact) mass is 286 g/mol. The van der Waals surface area contributed by atoms with Crippen molar-refractivity contribution in [3.05, 3.63) is 29.6 Å². The second kappa shape index (κ2) is 7.21. The Balaban J connectivity index is 2.15. The van der Waals surface area contributed by atoms with Crippen molar-refractivity contribution >= 4 is 5.91 Å². The van der Waals surface area contributed by atoms with Gasteiger partial charge in [-0.1, -0.05) is 11.8 Å². The molecule has 0 saturated carbocycles. The Bertz CT molecular complexity index is 559. The second-order valence-electron chi connectivity index (χ2n) is 5.53. The lowest BCUT2D eigenvalue weighted by molar-refractivity contribution is 0.0716. The number of aromatic nitrogens is 1. The molecule has 1 aromatic rings. The third-order valence-electron chi connectivity index (χ3n) is 3.53. The Morgan fingerprint density at radius 1 is 1.52 bits per heavy atom. The number of nitrogens with zero attached hydrogens (tertiary/aromatic N) is 3. The molecule has 0 bridgehead atoms. The summed E-state index contributed by atoms with van der Waals surface area (Å²) >= 11 is 0. The summed E-state index contributed by atoms with van der Waals surface area (Å²) in [6.45, 7) is 2.01. The van der Waals surface area contributed by atoms with Crippen molar-refractivity contribution in [2.45, 2.75) is 18.9 Å². The highest BCUT2D eigenvalue weighted by Crippen LogP contribution is 2.20. The van der Waals surface area contributed by atoms with Gasteiger partial charge in [-0.2, -0.15) is 0 Å². The van der Waals surface area contributed by atoms with Crippen molar-refractivity contribution in [2.24, 2.45) is 5.73 Å². The molecule has 2 heterocycles. The maximum atomic E-state index is 12.7. The van der Waals surface area contributed by atoms with Crippen LogP contribution in [0, 0.1) is 11.8 Å². The minimum Gasteiger partial charge on any atom is -0.334 e. The standard InChI is InChI=1S/C16H22N4O/c1-19(2)12-15-6-4-8-20(15)16(21)14-9-13(5-3-7-17)10-18-11-14/h9-11,15H,4,6-8,12,17H2,1-2H3. The zero-order valence-corrected chi connectivity index (χ0v) is 12.7. The van der Waals surface area contributed by atoms with E-state index in [1.165, 1.54) is 0 Å². The second-order valence-corrected chi connectivity index (χ2v) is 5.53. The van der Waals surface area contributed by atoms with Gasteiger partial charge in [0, 0.05) is 37.1 Å². The number of carbonyl (C=O) groups is 1. The van der Waals surface area contributed by atoms with Gasteiger partial charge in [0.1, 0.15) is 0 Å². The quantitative estimate of drug-likeness (QED) is 0.825. The highest BCUT2D eigenvalue weighted by atomic mass is 16.2. The first-order valence-corrected chi connectivity index (χ1v) is 7.21. The van der Waals surface area contributed by atoms with Gasteiger partial charge in [-0.05, 0) is 33.0 Å². The summed E-state index contributed by atoms with van der Waals surface area (Å²) < 4.78 is 0. The van der Waals surface area contributed by atoms with Gasteiger partial charge in [-0.15, -0.1) is 0 Å². The lowest BCUT2D eigenvalue weighted by Gasteiger charge is -2.27. The maximum absolute atomic E-state index is 12.7. The predicted octanol–water partition coefficient (Wildman–Crippen LogP) is 0.558. The van der Waals surface area contributed by atoms with Crippen LogP contribution in [0.4, 0.5) is 0 Å². The molecule has 2 N–H and O–H groups in total. The molecule has 1 fully saturated rings. The Morgan fingerprint density at radius 2 is 2.33 bits per heavy atom. The molecule has 1 aromatic heterocycles. The minimum absolute atomic E-state index is 0.0447. The summed E-state index contributed by atoms with van der Waals surface area (Å²) in [5, 5.41) is 0. The van der Waals surface area contributed by atoms with Crippen LogP contribution >= 0.6 is 0 Å². The molecule has 1 saturated heterocycles. The molecular formula is C16H22N4O. The summed E-state index contributed by atoms with van der Waals surface area (Å²) in [5.41, 5.74) is 6.70. The fourth-order valence-electron chi connectivity index (χ4n) is 2.66. The van der Waals surface area contributed by atoms with Crippen molar-refractivity contribution in [2.75, 3.05) is 33.7 Å². The molecule has 1 aliphatic rings. The van der Waals surface area contributed by atoms with Crippen molar-refractivity contribution in [1.82, 2.24) is 14.8 Å². The van der Waals surface area contributed by atoms with Crippen molar-refractivity contribution in [3.8, 4) is 11.8 Å². The third kappa shape index (κ3) is 4.03. The third-order valence-corrected chi connectivity index (χ3v) is 3.53. The average Bonchev–Trinajstić information content (AvgIpc) is 2.92. The van der Waals surface area contributed by atoms with Crippen molar-refractivity contribution in [1.29, 1.82) is 0 Å². The highest BCUT2D eigenvalue weighted by molar-refractivity contribution is 5.94. The van der Waals surface area contributed by atoms with E-state index in [1.807, 2.05) is 19.0 Å². The van der Waals surface area contributed by atoms with Gasteiger partial charge in [0.15, 0.2) is 0 Å². The summed E-state index contributed by atoms with van der Waals surface area (Å²) in [6.07, 6.45) is 5.39. The molecule has 0 spiro atoms. The van der Waals surface area contributed by atoms with Gasteiger partial charge in [-0.3, -0.25) is 9.78 Å². The number of likely N-dealkylation sites (N-methyl/N-ethyl adjacent to an activating group) is 1. The summed E-state index contributed by atoms with van der Waals surface area (Å²) in [4.78, 5) is 20.9. The van der Waals surface area contributed by atoms with E-state index < -0.39 is 0 Å². The first-order chi connectivity index (χ1) is 10.1. The van der Waals surface area contributed by atoms with Crippen LogP contribution < -0.4 is 5.73 Å². The first kappa shape index (κ1) is 15.5. The number of rotatable bonds is 3. The number of hydrogen-bond acceptors (Lipinski definition) is 4. The summed E-state index contributed by atoms with van der Waals surface area (Å²) in [7, 11) is 4.07. The maximum Gasteiger partial charge on any atom is 0.255 e. The van der Waals surface area contributed by atoms with Crippen molar-refractivity contribution < 1.29 is 4.79 Å². The molecule has 0 aliphatic carbocycles. The SMILES string of the molecule is CN(C)CC1CCCN1C(=O)c1cncc(C#CCN)c1. The van der Waals surface area contributed by atoms with Gasteiger partial charge in [0.05, 0.1) is 12.1 Å². The largest absolute Gasteiger partial charge is 0.334 e. The molecule has 1 amide bonds. The summed E-state index contributed by atoms with van der Waals surface area (Å²) in [5.74, 6) is 5.74. The van der Waals surface area contributed by atoms with Crippen molar-refractivity contribution in [3.63, 3.8) is 0 Å². The van der Waals surface area contributed by atoms with E-state index in [9.17, 15) is 4.79 Å². The molecule has 5 nitrogen and oxygen atoms in total. The molecule has 1 atom stereocenters. The van der Waals surface area contributed by atoms with Gasteiger partial charge in [-0.25, -0.2) is 0 Å². The fourth-order valence-corrected chi connectivity index (χ4v) is 2.66. The van der Waals surface area contributed by atoms with E-state index in [-0.39, 0.29) is 11.9 Å². The van der Waals surface area contributed by atoms with Crippen LogP contribution in [0.1, 0.15) is 28.8 Å². The lowest BCUT2D eigenvalue weighted by atomic mass is 10.1. The number of amides is 1. The Kier molecular flexibility index (Phi) is 5.32. The van der Waals surface area contributed by atoms with E-state index in [4.69, 9.17) is 5.73 Å². The van der Waals surface area contributed by atoms with Crippen LogP contribution in [0.25, 0.3) is 0 Å². The first-order valence-electron chi connectivity index (χ1n) is 7.21. The van der Waals surface area contributed by atoms with Gasteiger partial charge in [0.2, 0.25) is 0 Å². The van der Waals surface area contributed by atoms with E-state index >= 15 is 0 Å². The molecule has 0 radical (unpaired) electrons. The Hall–Kier alpha value is -1.90. The Morgan fingerprint density at radius 3 is 3.05 bits per heavy atom. The van der Waals surface area contributed by atoms with Gasteiger partial charge < -0.3 is 15.5 Å². The van der Waals surface area contributed by atoms with Crippen LogP contribution in [0.15, 0.2) is 18.5 Å². The van der Waals surface area contributed by atoms with E-state index in [0.717, 1.165) is 31.5 Å². The summed E-state index contributed by atoms with van der Waals surface area (Å²) in [6, 6.07) is 2.08. The van der Waals surface area contributed by atoms with Crippen LogP contribution in [-0.2, 0) is 0 Å². The van der Waals surface area contributed by atoms with E-state index in [2.05, 4.69) is 21.7 Å². The van der Waals surface area contributed by atoms with Gasteiger partial charge >= 0.3 is 0 Å². The molecule has 2 rings (SSSR count). The normalized spacial score (nSPS) is 17.7. The Labute approximate surface area is 126 Å². The molecule has 21 heavy (non-hydrogen) atoms. The molecule has 5 heteroatoms. The van der Waals surface area contributed by atoms with Crippen LogP contribution in [-0.4, -0.2) is 60.5 Å². The topological polar surface area (TPSA) is 62.5 Å². The highest BCUT2D eigenvalue weighted by Gasteiger charge is 2.29. The number of nitrogens with two attached hydrogens (primary N) is 1. The molecule has 1 aliphatic heterocycles. The van der Waals surface area contributed by atoms with E-state index in [1.54, 1.807) is 18.5 Å². The average molecular weight is 286 g/mol. The predicted molar refractivity (Wildman–Crippen MR) is 82.8 cm³/mol. The van der Waals surface area contributed by atoms with E-state index in [0.29, 0.717) is 12.1 Å². The minimum atomic E-state index is 0.0447. The fraction of sp³-hybridized carbons (Fsp3) is 0.500. The number of likely N-dealkylation sites (tertiary alicyclic amines) is 1. The van der Waals surface area contributed by atoms with Crippen LogP contribution in [0.2, 0.25) is 0 Å². The van der Waals surface area contributed by atoms with Crippen LogP contribution in [0.3, 0.4) is 0 Å². The molecule has 1 unspecified atom stereocenters. The zero-order valence-electron chi connectivity index (χ0n) is 12.7. The molecule has 112 valence electrons. The smallest absolute Gasteiger partial charge is 0.255 e.